The number of aryl methyl sites for hydroxylation is 1. The molecule has 204 valence electrons. The number of aliphatic hydroxyl groups excluding tert-OH is 2. The lowest BCUT2D eigenvalue weighted by Gasteiger charge is -2.62. The molecule has 5 heteroatoms. The zero-order valence-corrected chi connectivity index (χ0v) is 23.4. The number of benzene rings is 1. The fourth-order valence-corrected chi connectivity index (χ4v) is 10.4. The van der Waals surface area contributed by atoms with E-state index in [1.165, 1.54) is 31.2 Å². The van der Waals surface area contributed by atoms with Crippen molar-refractivity contribution in [3.8, 4) is 0 Å². The Labute approximate surface area is 223 Å². The van der Waals surface area contributed by atoms with Gasteiger partial charge in [0, 0.05) is 6.42 Å². The molecule has 1 aliphatic heterocycles. The van der Waals surface area contributed by atoms with Gasteiger partial charge in [0.05, 0.1) is 30.3 Å². The van der Waals surface area contributed by atoms with Crippen LogP contribution in [0.4, 0.5) is 11.4 Å². The van der Waals surface area contributed by atoms with Crippen molar-refractivity contribution in [3.05, 3.63) is 23.8 Å². The lowest BCUT2D eigenvalue weighted by Crippen LogP contribution is -2.58. The van der Waals surface area contributed by atoms with Gasteiger partial charge in [-0.3, -0.25) is 9.69 Å². The molecule has 1 heterocycles. The summed E-state index contributed by atoms with van der Waals surface area (Å²) in [4.78, 5) is 15.2. The number of nitrogens with one attached hydrogen (secondary N) is 1. The lowest BCUT2D eigenvalue weighted by molar-refractivity contribution is -0.174. The number of hydrogen-bond donors (Lipinski definition) is 3. The number of hydrogen-bond acceptors (Lipinski definition) is 4. The third-order valence-corrected chi connectivity index (χ3v) is 12.4. The van der Waals surface area contributed by atoms with Crippen molar-refractivity contribution in [1.29, 1.82) is 0 Å². The Balaban J connectivity index is 1.13. The van der Waals surface area contributed by atoms with Crippen molar-refractivity contribution in [2.24, 2.45) is 46.3 Å². The molecule has 0 saturated heterocycles. The number of carbonyl (C=O) groups excluding carboxylic acids is 1. The van der Waals surface area contributed by atoms with E-state index >= 15 is 0 Å². The molecule has 3 N–H and O–H groups in total. The molecular formula is C32H48N2O3. The van der Waals surface area contributed by atoms with Gasteiger partial charge in [-0.05, 0) is 129 Å². The monoisotopic (exact) mass is 508 g/mol. The van der Waals surface area contributed by atoms with Crippen LogP contribution in [0.2, 0.25) is 0 Å². The van der Waals surface area contributed by atoms with Gasteiger partial charge >= 0.3 is 0 Å². The highest BCUT2D eigenvalue weighted by molar-refractivity contribution is 5.99. The molecule has 37 heavy (non-hydrogen) atoms. The van der Waals surface area contributed by atoms with Crippen LogP contribution >= 0.6 is 0 Å². The smallest absolute Gasteiger partial charge is 0.228 e. The number of aliphatic hydroxyl groups is 2. The van der Waals surface area contributed by atoms with Crippen molar-refractivity contribution in [3.63, 3.8) is 0 Å². The molecule has 1 amide bonds. The second-order valence-electron chi connectivity index (χ2n) is 14.1. The normalized spacial score (nSPS) is 43.3. The Bertz CT molecular complexity index is 1040. The average Bonchev–Trinajstić information content (AvgIpc) is 3.44. The fourth-order valence-electron chi connectivity index (χ4n) is 10.4. The van der Waals surface area contributed by atoms with E-state index in [0.29, 0.717) is 48.6 Å². The van der Waals surface area contributed by atoms with Gasteiger partial charge in [0.1, 0.15) is 0 Å². The zero-order valence-electron chi connectivity index (χ0n) is 23.4. The van der Waals surface area contributed by atoms with Crippen molar-refractivity contribution < 1.29 is 15.0 Å². The number of carbonyl (C=O) groups is 1. The zero-order chi connectivity index (χ0) is 26.1. The highest BCUT2D eigenvalue weighted by Crippen LogP contribution is 2.68. The second-order valence-corrected chi connectivity index (χ2v) is 14.1. The molecule has 4 fully saturated rings. The predicted octanol–water partition coefficient (Wildman–Crippen LogP) is 6.12. The highest BCUT2D eigenvalue weighted by Gasteiger charge is 2.62. The van der Waals surface area contributed by atoms with Crippen LogP contribution < -0.4 is 10.2 Å². The molecule has 0 unspecified atom stereocenters. The second kappa shape index (κ2) is 9.26. The first-order valence-electron chi connectivity index (χ1n) is 15.1. The number of amides is 1. The molecule has 1 aromatic rings. The van der Waals surface area contributed by atoms with Gasteiger partial charge < -0.3 is 15.5 Å². The maximum atomic E-state index is 13.2. The summed E-state index contributed by atoms with van der Waals surface area (Å²) >= 11 is 0. The molecule has 4 saturated carbocycles. The quantitative estimate of drug-likeness (QED) is 0.458. The van der Waals surface area contributed by atoms with E-state index in [1.54, 1.807) is 0 Å². The Kier molecular flexibility index (Phi) is 6.42. The first kappa shape index (κ1) is 25.7. The Morgan fingerprint density at radius 3 is 2.65 bits per heavy atom. The van der Waals surface area contributed by atoms with Crippen molar-refractivity contribution in [2.75, 3.05) is 16.9 Å². The summed E-state index contributed by atoms with van der Waals surface area (Å²) < 4.78 is 0. The van der Waals surface area contributed by atoms with Gasteiger partial charge in [-0.15, -0.1) is 0 Å². The summed E-state index contributed by atoms with van der Waals surface area (Å²) in [5.74, 6) is 3.42. The minimum Gasteiger partial charge on any atom is -0.393 e. The highest BCUT2D eigenvalue weighted by atomic mass is 16.3. The maximum Gasteiger partial charge on any atom is 0.228 e. The van der Waals surface area contributed by atoms with E-state index in [9.17, 15) is 15.0 Å². The standard InChI is InChI=1S/C32H48N2O3/c1-19-5-9-27-26(15-19)33-18-34(27)29(37)10-6-20(2)23-7-8-24-30-25(12-14-32(23,24)4)31(3)13-11-22(35)16-21(31)17-28(30)36/h5,9,15,20-25,28,30,33,35-36H,6-8,10-14,16-18H2,1-4H3/t20-,21+,22-,23-,24+,25+,28-,30+,31+,32-/m1/s1. The van der Waals surface area contributed by atoms with Crippen molar-refractivity contribution in [2.45, 2.75) is 104 Å². The molecule has 5 nitrogen and oxygen atoms in total. The van der Waals surface area contributed by atoms with E-state index in [-0.39, 0.29) is 28.9 Å². The molecule has 5 aliphatic rings. The van der Waals surface area contributed by atoms with E-state index in [4.69, 9.17) is 0 Å². The predicted molar refractivity (Wildman–Crippen MR) is 148 cm³/mol. The molecule has 1 aromatic carbocycles. The largest absolute Gasteiger partial charge is 0.393 e. The van der Waals surface area contributed by atoms with Crippen LogP contribution in [0, 0.1) is 53.3 Å². The molecule has 0 bridgehead atoms. The van der Waals surface area contributed by atoms with Crippen LogP contribution in [-0.4, -0.2) is 35.0 Å². The topological polar surface area (TPSA) is 72.8 Å². The Morgan fingerprint density at radius 1 is 1.08 bits per heavy atom. The van der Waals surface area contributed by atoms with Gasteiger partial charge in [-0.1, -0.05) is 26.8 Å². The molecule has 6 rings (SSSR count). The summed E-state index contributed by atoms with van der Waals surface area (Å²) in [6, 6.07) is 6.28. The molecular weight excluding hydrogens is 460 g/mol. The summed E-state index contributed by atoms with van der Waals surface area (Å²) in [5, 5.41) is 25.2. The minimum absolute atomic E-state index is 0.177. The minimum atomic E-state index is -0.222. The van der Waals surface area contributed by atoms with Crippen molar-refractivity contribution >= 4 is 17.3 Å². The van der Waals surface area contributed by atoms with E-state index in [1.807, 2.05) is 4.90 Å². The first-order chi connectivity index (χ1) is 17.6. The summed E-state index contributed by atoms with van der Waals surface area (Å²) in [6.45, 7) is 10.1. The van der Waals surface area contributed by atoms with Gasteiger partial charge in [-0.2, -0.15) is 0 Å². The number of anilines is 2. The number of nitrogens with zero attached hydrogens (tertiary/aromatic N) is 1. The summed E-state index contributed by atoms with van der Waals surface area (Å²) in [7, 11) is 0. The fraction of sp³-hybridized carbons (Fsp3) is 0.781. The SMILES string of the molecule is Cc1ccc2c(c1)NCN2C(=O)CC[C@@H](C)[C@H]1CC[C@H]2[C@@H]3[C@H](O)C[C@@H]4C[C@H](O)CC[C@]4(C)[C@H]3CC[C@]12C. The first-order valence-corrected chi connectivity index (χ1v) is 15.1. The van der Waals surface area contributed by atoms with Gasteiger partial charge in [-0.25, -0.2) is 0 Å². The lowest BCUT2D eigenvalue weighted by atomic mass is 9.43. The van der Waals surface area contributed by atoms with Crippen LogP contribution in [0.15, 0.2) is 18.2 Å². The molecule has 0 spiro atoms. The maximum absolute atomic E-state index is 13.2. The van der Waals surface area contributed by atoms with Gasteiger partial charge in [0.2, 0.25) is 5.91 Å². The number of fused-ring (bicyclic) bond motifs is 6. The molecule has 10 atom stereocenters. The van der Waals surface area contributed by atoms with Crippen LogP contribution in [-0.2, 0) is 4.79 Å². The van der Waals surface area contributed by atoms with Crippen LogP contribution in [0.3, 0.4) is 0 Å². The average molecular weight is 509 g/mol. The van der Waals surface area contributed by atoms with Gasteiger partial charge in [0.15, 0.2) is 0 Å². The number of rotatable bonds is 4. The van der Waals surface area contributed by atoms with E-state index < -0.39 is 0 Å². The van der Waals surface area contributed by atoms with E-state index in [2.05, 4.69) is 51.2 Å². The Hall–Kier alpha value is -1.59. The molecule has 0 radical (unpaired) electrons. The molecule has 0 aromatic heterocycles. The molecule has 4 aliphatic carbocycles. The third-order valence-electron chi connectivity index (χ3n) is 12.4. The third kappa shape index (κ3) is 4.06. The van der Waals surface area contributed by atoms with Crippen LogP contribution in [0.25, 0.3) is 0 Å². The van der Waals surface area contributed by atoms with E-state index in [0.717, 1.165) is 43.5 Å². The summed E-state index contributed by atoms with van der Waals surface area (Å²) in [5.41, 5.74) is 3.84. The van der Waals surface area contributed by atoms with Crippen molar-refractivity contribution in [1.82, 2.24) is 0 Å². The van der Waals surface area contributed by atoms with Crippen LogP contribution in [0.1, 0.15) is 90.5 Å². The Morgan fingerprint density at radius 2 is 1.84 bits per heavy atom. The van der Waals surface area contributed by atoms with Crippen LogP contribution in [0.5, 0.6) is 0 Å². The van der Waals surface area contributed by atoms with Gasteiger partial charge in [0.25, 0.3) is 0 Å². The summed E-state index contributed by atoms with van der Waals surface area (Å²) in [6.07, 6.45) is 9.88.